The fourth-order valence-corrected chi connectivity index (χ4v) is 2.35. The highest BCUT2D eigenvalue weighted by molar-refractivity contribution is 5.94. The molecule has 6 heteroatoms. The first-order valence-electron chi connectivity index (χ1n) is 7.56. The zero-order chi connectivity index (χ0) is 17.1. The molecule has 1 aromatic heterocycles. The van der Waals surface area contributed by atoms with E-state index < -0.39 is 0 Å². The maximum Gasteiger partial charge on any atom is 0.251 e. The maximum absolute atomic E-state index is 13.6. The van der Waals surface area contributed by atoms with Crippen molar-refractivity contribution < 1.29 is 9.18 Å². The van der Waals surface area contributed by atoms with Gasteiger partial charge in [0.2, 0.25) is 0 Å². The number of hydrogen-bond donors (Lipinski definition) is 1. The SMILES string of the molecule is Cc1ccc(C(=O)N[C@H](C)c2ccc(-n3cncn3)cc2)cc1F. The van der Waals surface area contributed by atoms with E-state index in [1.165, 1.54) is 12.4 Å². The quantitative estimate of drug-likeness (QED) is 0.802. The van der Waals surface area contributed by atoms with Gasteiger partial charge in [0, 0.05) is 5.56 Å². The molecule has 0 aliphatic carbocycles. The molecule has 3 aromatic rings. The molecule has 122 valence electrons. The number of nitrogens with zero attached hydrogens (tertiary/aromatic N) is 3. The number of aromatic nitrogens is 3. The van der Waals surface area contributed by atoms with Crippen LogP contribution in [0.5, 0.6) is 0 Å². The average molecular weight is 324 g/mol. The van der Waals surface area contributed by atoms with Crippen LogP contribution in [0.25, 0.3) is 5.69 Å². The molecule has 0 spiro atoms. The number of amides is 1. The Morgan fingerprint density at radius 2 is 1.96 bits per heavy atom. The molecular weight excluding hydrogens is 307 g/mol. The van der Waals surface area contributed by atoms with E-state index in [4.69, 9.17) is 0 Å². The van der Waals surface area contributed by atoms with E-state index in [1.54, 1.807) is 30.1 Å². The number of hydrogen-bond acceptors (Lipinski definition) is 3. The zero-order valence-electron chi connectivity index (χ0n) is 13.4. The minimum absolute atomic E-state index is 0.202. The summed E-state index contributed by atoms with van der Waals surface area (Å²) in [5.41, 5.74) is 2.66. The molecule has 0 unspecified atom stereocenters. The fraction of sp³-hybridized carbons (Fsp3) is 0.167. The summed E-state index contributed by atoms with van der Waals surface area (Å²) in [5, 5.41) is 6.94. The molecule has 0 saturated heterocycles. The number of nitrogens with one attached hydrogen (secondary N) is 1. The largest absolute Gasteiger partial charge is 0.346 e. The molecule has 0 bridgehead atoms. The normalized spacial score (nSPS) is 12.0. The van der Waals surface area contributed by atoms with Gasteiger partial charge in [-0.05, 0) is 49.2 Å². The van der Waals surface area contributed by atoms with Gasteiger partial charge in [-0.3, -0.25) is 4.79 Å². The molecule has 5 nitrogen and oxygen atoms in total. The Balaban J connectivity index is 1.71. The van der Waals surface area contributed by atoms with Gasteiger partial charge in [0.1, 0.15) is 18.5 Å². The molecule has 1 heterocycles. The molecule has 24 heavy (non-hydrogen) atoms. The van der Waals surface area contributed by atoms with Gasteiger partial charge >= 0.3 is 0 Å². The van der Waals surface area contributed by atoms with Crippen LogP contribution in [0.1, 0.15) is 34.5 Å². The number of carbonyl (C=O) groups excluding carboxylic acids is 1. The predicted octanol–water partition coefficient (Wildman–Crippen LogP) is 3.21. The monoisotopic (exact) mass is 324 g/mol. The van der Waals surface area contributed by atoms with Crippen molar-refractivity contribution in [1.82, 2.24) is 20.1 Å². The van der Waals surface area contributed by atoms with E-state index in [1.807, 2.05) is 31.2 Å². The number of benzene rings is 2. The van der Waals surface area contributed by atoms with Crippen LogP contribution in [-0.4, -0.2) is 20.7 Å². The molecule has 0 saturated carbocycles. The third kappa shape index (κ3) is 3.32. The third-order valence-electron chi connectivity index (χ3n) is 3.86. The van der Waals surface area contributed by atoms with Gasteiger partial charge in [-0.2, -0.15) is 5.10 Å². The van der Waals surface area contributed by atoms with Crippen molar-refractivity contribution in [3.63, 3.8) is 0 Å². The van der Waals surface area contributed by atoms with E-state index in [9.17, 15) is 9.18 Å². The van der Waals surface area contributed by atoms with Gasteiger partial charge in [0.05, 0.1) is 11.7 Å². The highest BCUT2D eigenvalue weighted by Crippen LogP contribution is 2.16. The Kier molecular flexibility index (Phi) is 4.37. The van der Waals surface area contributed by atoms with Crippen LogP contribution in [0.2, 0.25) is 0 Å². The van der Waals surface area contributed by atoms with Crippen molar-refractivity contribution >= 4 is 5.91 Å². The molecular formula is C18H17FN4O. The molecule has 0 fully saturated rings. The second-order valence-electron chi connectivity index (χ2n) is 5.59. The third-order valence-corrected chi connectivity index (χ3v) is 3.86. The highest BCUT2D eigenvalue weighted by Gasteiger charge is 2.13. The molecule has 0 radical (unpaired) electrons. The summed E-state index contributed by atoms with van der Waals surface area (Å²) >= 11 is 0. The first-order chi connectivity index (χ1) is 11.5. The summed E-state index contributed by atoms with van der Waals surface area (Å²) in [6.45, 7) is 3.54. The topological polar surface area (TPSA) is 59.8 Å². The molecule has 1 N–H and O–H groups in total. The van der Waals surface area contributed by atoms with Crippen molar-refractivity contribution in [2.24, 2.45) is 0 Å². The van der Waals surface area contributed by atoms with Crippen LogP contribution in [0, 0.1) is 12.7 Å². The lowest BCUT2D eigenvalue weighted by Crippen LogP contribution is -2.26. The number of aryl methyl sites for hydroxylation is 1. The minimum Gasteiger partial charge on any atom is -0.346 e. The summed E-state index contributed by atoms with van der Waals surface area (Å²) in [5.74, 6) is -0.686. The van der Waals surface area contributed by atoms with Gasteiger partial charge in [0.15, 0.2) is 0 Å². The molecule has 1 atom stereocenters. The molecule has 0 aliphatic heterocycles. The van der Waals surface area contributed by atoms with E-state index >= 15 is 0 Å². The summed E-state index contributed by atoms with van der Waals surface area (Å²) in [6, 6.07) is 11.9. The number of halogens is 1. The molecule has 2 aromatic carbocycles. The molecule has 1 amide bonds. The van der Waals surface area contributed by atoms with Crippen LogP contribution < -0.4 is 5.32 Å². The number of rotatable bonds is 4. The zero-order valence-corrected chi connectivity index (χ0v) is 13.4. The first-order valence-corrected chi connectivity index (χ1v) is 7.56. The summed E-state index contributed by atoms with van der Waals surface area (Å²) < 4.78 is 15.2. The Morgan fingerprint density at radius 1 is 1.21 bits per heavy atom. The van der Waals surface area contributed by atoms with Gasteiger partial charge < -0.3 is 5.32 Å². The van der Waals surface area contributed by atoms with Gasteiger partial charge in [0.25, 0.3) is 5.91 Å². The van der Waals surface area contributed by atoms with E-state index in [0.29, 0.717) is 11.1 Å². The van der Waals surface area contributed by atoms with Crippen LogP contribution >= 0.6 is 0 Å². The lowest BCUT2D eigenvalue weighted by molar-refractivity contribution is 0.0939. The maximum atomic E-state index is 13.6. The summed E-state index contributed by atoms with van der Waals surface area (Å²) in [7, 11) is 0. The van der Waals surface area contributed by atoms with Gasteiger partial charge in [-0.15, -0.1) is 0 Å². The van der Waals surface area contributed by atoms with Crippen LogP contribution in [0.15, 0.2) is 55.1 Å². The van der Waals surface area contributed by atoms with Gasteiger partial charge in [-0.1, -0.05) is 18.2 Å². The molecule has 3 rings (SSSR count). The number of carbonyl (C=O) groups is 1. The van der Waals surface area contributed by atoms with Crippen molar-refractivity contribution in [2.75, 3.05) is 0 Å². The van der Waals surface area contributed by atoms with Crippen molar-refractivity contribution in [3.05, 3.63) is 77.6 Å². The predicted molar refractivity (Wildman–Crippen MR) is 88.4 cm³/mol. The van der Waals surface area contributed by atoms with Crippen molar-refractivity contribution in [3.8, 4) is 5.69 Å². The van der Waals surface area contributed by atoms with E-state index in [0.717, 1.165) is 11.3 Å². The standard InChI is InChI=1S/C18H17FN4O/c1-12-3-4-15(9-17(12)19)18(24)22-13(2)14-5-7-16(8-6-14)23-11-20-10-21-23/h3-11,13H,1-2H3,(H,22,24)/t13-/m1/s1. The summed E-state index contributed by atoms with van der Waals surface area (Å²) in [6.07, 6.45) is 3.09. The Bertz CT molecular complexity index is 844. The minimum atomic E-state index is -0.382. The first kappa shape index (κ1) is 15.9. The lowest BCUT2D eigenvalue weighted by Gasteiger charge is -2.15. The van der Waals surface area contributed by atoms with Crippen molar-refractivity contribution in [1.29, 1.82) is 0 Å². The van der Waals surface area contributed by atoms with Crippen LogP contribution in [0.3, 0.4) is 0 Å². The van der Waals surface area contributed by atoms with Crippen LogP contribution in [0.4, 0.5) is 4.39 Å². The van der Waals surface area contributed by atoms with E-state index in [-0.39, 0.29) is 17.8 Å². The average Bonchev–Trinajstić information content (AvgIpc) is 3.12. The fourth-order valence-electron chi connectivity index (χ4n) is 2.35. The Labute approximate surface area is 139 Å². The Hall–Kier alpha value is -3.02. The van der Waals surface area contributed by atoms with Gasteiger partial charge in [-0.25, -0.2) is 14.1 Å². The Morgan fingerprint density at radius 3 is 2.58 bits per heavy atom. The summed E-state index contributed by atoms with van der Waals surface area (Å²) in [4.78, 5) is 16.2. The molecule has 0 aliphatic rings. The lowest BCUT2D eigenvalue weighted by atomic mass is 10.1. The van der Waals surface area contributed by atoms with Crippen molar-refractivity contribution in [2.45, 2.75) is 19.9 Å². The van der Waals surface area contributed by atoms with E-state index in [2.05, 4.69) is 15.4 Å². The second-order valence-corrected chi connectivity index (χ2v) is 5.59. The highest BCUT2D eigenvalue weighted by atomic mass is 19.1. The second kappa shape index (κ2) is 6.62. The smallest absolute Gasteiger partial charge is 0.251 e. The van der Waals surface area contributed by atoms with Crippen LogP contribution in [-0.2, 0) is 0 Å².